The summed E-state index contributed by atoms with van der Waals surface area (Å²) in [5.74, 6) is -0.228. The van der Waals surface area contributed by atoms with E-state index in [0.717, 1.165) is 22.4 Å². The second kappa shape index (κ2) is 5.50. The molecule has 0 atom stereocenters. The Morgan fingerprint density at radius 2 is 1.89 bits per heavy atom. The minimum Gasteiger partial charge on any atom is -0.381 e. The maximum Gasteiger partial charge on any atom is 0.125 e. The molecular weight excluding hydrogens is 225 g/mol. The van der Waals surface area contributed by atoms with Gasteiger partial charge in [-0.1, -0.05) is 43.0 Å². The van der Waals surface area contributed by atoms with E-state index in [1.54, 1.807) is 6.07 Å². The Labute approximate surface area is 107 Å². The zero-order valence-electron chi connectivity index (χ0n) is 10.4. The molecule has 0 fully saturated rings. The summed E-state index contributed by atoms with van der Waals surface area (Å²) in [7, 11) is 0. The van der Waals surface area contributed by atoms with Crippen molar-refractivity contribution in [1.29, 1.82) is 0 Å². The Hall–Kier alpha value is -2.09. The smallest absolute Gasteiger partial charge is 0.125 e. The Balaban J connectivity index is 2.04. The number of rotatable bonds is 4. The molecule has 0 saturated heterocycles. The lowest BCUT2D eigenvalue weighted by atomic mass is 10.1. The highest BCUT2D eigenvalue weighted by Gasteiger charge is 2.02. The zero-order valence-corrected chi connectivity index (χ0v) is 10.4. The molecule has 0 bridgehead atoms. The van der Waals surface area contributed by atoms with Crippen molar-refractivity contribution in [3.05, 3.63) is 72.1 Å². The van der Waals surface area contributed by atoms with Gasteiger partial charge in [0, 0.05) is 12.2 Å². The van der Waals surface area contributed by atoms with Gasteiger partial charge in [0.1, 0.15) is 5.82 Å². The first-order valence-electron chi connectivity index (χ1n) is 5.90. The monoisotopic (exact) mass is 241 g/mol. The molecule has 2 rings (SSSR count). The van der Waals surface area contributed by atoms with E-state index in [1.165, 1.54) is 12.1 Å². The van der Waals surface area contributed by atoms with Crippen LogP contribution in [0.3, 0.4) is 0 Å². The number of halogens is 1. The molecular formula is C16H16FN. The van der Waals surface area contributed by atoms with Crippen LogP contribution in [-0.2, 0) is 0 Å². The van der Waals surface area contributed by atoms with Crippen LogP contribution < -0.4 is 5.32 Å². The average Bonchev–Trinajstić information content (AvgIpc) is 2.40. The van der Waals surface area contributed by atoms with E-state index in [-0.39, 0.29) is 5.82 Å². The summed E-state index contributed by atoms with van der Waals surface area (Å²) in [6.07, 6.45) is 0. The Bertz CT molecular complexity index is 546. The van der Waals surface area contributed by atoms with Crippen molar-refractivity contribution >= 4 is 11.3 Å². The summed E-state index contributed by atoms with van der Waals surface area (Å²) in [5, 5.41) is 3.21. The summed E-state index contributed by atoms with van der Waals surface area (Å²) in [4.78, 5) is 0. The fourth-order valence-corrected chi connectivity index (χ4v) is 1.76. The third kappa shape index (κ3) is 2.98. The molecule has 18 heavy (non-hydrogen) atoms. The average molecular weight is 241 g/mol. The lowest BCUT2D eigenvalue weighted by Gasteiger charge is -2.11. The third-order valence-electron chi connectivity index (χ3n) is 2.87. The predicted molar refractivity (Wildman–Crippen MR) is 75.1 cm³/mol. The first-order chi connectivity index (χ1) is 8.66. The molecule has 0 aliphatic heterocycles. The van der Waals surface area contributed by atoms with E-state index in [4.69, 9.17) is 0 Å². The van der Waals surface area contributed by atoms with Crippen molar-refractivity contribution in [1.82, 2.24) is 0 Å². The molecule has 0 saturated carbocycles. The van der Waals surface area contributed by atoms with Crippen LogP contribution in [0.15, 0.2) is 55.1 Å². The predicted octanol–water partition coefficient (Wildman–Crippen LogP) is 4.26. The highest BCUT2D eigenvalue weighted by molar-refractivity contribution is 5.68. The molecule has 0 aliphatic rings. The fourth-order valence-electron chi connectivity index (χ4n) is 1.76. The number of nitrogens with one attached hydrogen (secondary N) is 1. The number of aryl methyl sites for hydroxylation is 1. The van der Waals surface area contributed by atoms with E-state index in [1.807, 2.05) is 37.3 Å². The van der Waals surface area contributed by atoms with Gasteiger partial charge in [-0.3, -0.25) is 0 Å². The maximum atomic E-state index is 13.1. The molecule has 0 spiro atoms. The molecule has 0 radical (unpaired) electrons. The Morgan fingerprint density at radius 3 is 2.61 bits per heavy atom. The molecule has 1 nitrogen and oxygen atoms in total. The standard InChI is InChI=1S/C16H16FN/c1-12-8-9-15(17)10-16(12)18-11-13(2)14-6-4-3-5-7-14/h3-10,18H,2,11H2,1H3. The summed E-state index contributed by atoms with van der Waals surface area (Å²) in [6, 6.07) is 14.7. The summed E-state index contributed by atoms with van der Waals surface area (Å²) in [5.41, 5.74) is 3.92. The lowest BCUT2D eigenvalue weighted by molar-refractivity contribution is 0.628. The molecule has 2 aromatic rings. The van der Waals surface area contributed by atoms with Crippen LogP contribution in [0, 0.1) is 12.7 Å². The molecule has 0 heterocycles. The summed E-state index contributed by atoms with van der Waals surface area (Å²) in [6.45, 7) is 6.59. The summed E-state index contributed by atoms with van der Waals surface area (Å²) >= 11 is 0. The molecule has 92 valence electrons. The van der Waals surface area contributed by atoms with E-state index >= 15 is 0 Å². The van der Waals surface area contributed by atoms with Crippen molar-refractivity contribution in [2.75, 3.05) is 11.9 Å². The molecule has 0 aliphatic carbocycles. The molecule has 2 aromatic carbocycles. The van der Waals surface area contributed by atoms with Crippen LogP contribution in [0.5, 0.6) is 0 Å². The van der Waals surface area contributed by atoms with E-state index in [2.05, 4.69) is 11.9 Å². The van der Waals surface area contributed by atoms with Crippen molar-refractivity contribution in [3.8, 4) is 0 Å². The van der Waals surface area contributed by atoms with Gasteiger partial charge in [0.05, 0.1) is 0 Å². The van der Waals surface area contributed by atoms with Gasteiger partial charge in [0.15, 0.2) is 0 Å². The van der Waals surface area contributed by atoms with Crippen LogP contribution in [0.2, 0.25) is 0 Å². The van der Waals surface area contributed by atoms with E-state index < -0.39 is 0 Å². The molecule has 0 aromatic heterocycles. The van der Waals surface area contributed by atoms with Gasteiger partial charge >= 0.3 is 0 Å². The van der Waals surface area contributed by atoms with Gasteiger partial charge < -0.3 is 5.32 Å². The molecule has 2 heteroatoms. The zero-order chi connectivity index (χ0) is 13.0. The first-order valence-corrected chi connectivity index (χ1v) is 5.90. The SMILES string of the molecule is C=C(CNc1cc(F)ccc1C)c1ccccc1. The van der Waals surface area contributed by atoms with Crippen LogP contribution in [0.4, 0.5) is 10.1 Å². The molecule has 0 unspecified atom stereocenters. The lowest BCUT2D eigenvalue weighted by Crippen LogP contribution is -2.05. The van der Waals surface area contributed by atoms with Crippen molar-refractivity contribution in [3.63, 3.8) is 0 Å². The largest absolute Gasteiger partial charge is 0.381 e. The first kappa shape index (κ1) is 12.4. The number of benzene rings is 2. The second-order valence-corrected chi connectivity index (χ2v) is 4.28. The van der Waals surface area contributed by atoms with Gasteiger partial charge in [0.2, 0.25) is 0 Å². The fraction of sp³-hybridized carbons (Fsp3) is 0.125. The van der Waals surface area contributed by atoms with E-state index in [9.17, 15) is 4.39 Å². The van der Waals surface area contributed by atoms with Gasteiger partial charge in [-0.2, -0.15) is 0 Å². The number of anilines is 1. The van der Waals surface area contributed by atoms with Gasteiger partial charge in [-0.15, -0.1) is 0 Å². The Morgan fingerprint density at radius 1 is 1.17 bits per heavy atom. The van der Waals surface area contributed by atoms with Crippen LogP contribution in [0.1, 0.15) is 11.1 Å². The normalized spacial score (nSPS) is 10.1. The minimum atomic E-state index is -0.228. The molecule has 1 N–H and O–H groups in total. The highest BCUT2D eigenvalue weighted by Crippen LogP contribution is 2.18. The van der Waals surface area contributed by atoms with Crippen molar-refractivity contribution in [2.45, 2.75) is 6.92 Å². The second-order valence-electron chi connectivity index (χ2n) is 4.28. The Kier molecular flexibility index (Phi) is 3.78. The van der Waals surface area contributed by atoms with Crippen LogP contribution >= 0.6 is 0 Å². The van der Waals surface area contributed by atoms with Gasteiger partial charge in [-0.25, -0.2) is 4.39 Å². The topological polar surface area (TPSA) is 12.0 Å². The number of hydrogen-bond acceptors (Lipinski definition) is 1. The van der Waals surface area contributed by atoms with Gasteiger partial charge in [0.25, 0.3) is 0 Å². The van der Waals surface area contributed by atoms with E-state index in [0.29, 0.717) is 6.54 Å². The number of hydrogen-bond donors (Lipinski definition) is 1. The van der Waals surface area contributed by atoms with Crippen molar-refractivity contribution < 1.29 is 4.39 Å². The quantitative estimate of drug-likeness (QED) is 0.843. The minimum absolute atomic E-state index is 0.228. The summed E-state index contributed by atoms with van der Waals surface area (Å²) < 4.78 is 13.1. The van der Waals surface area contributed by atoms with Crippen LogP contribution in [0.25, 0.3) is 5.57 Å². The third-order valence-corrected chi connectivity index (χ3v) is 2.87. The molecule has 0 amide bonds. The van der Waals surface area contributed by atoms with Crippen molar-refractivity contribution in [2.24, 2.45) is 0 Å². The van der Waals surface area contributed by atoms with Gasteiger partial charge in [-0.05, 0) is 35.8 Å². The maximum absolute atomic E-state index is 13.1. The highest BCUT2D eigenvalue weighted by atomic mass is 19.1. The van der Waals surface area contributed by atoms with Crippen LogP contribution in [-0.4, -0.2) is 6.54 Å².